The van der Waals surface area contributed by atoms with E-state index in [2.05, 4.69) is 15.3 Å². The van der Waals surface area contributed by atoms with E-state index in [-0.39, 0.29) is 17.3 Å². The van der Waals surface area contributed by atoms with Gasteiger partial charge in [-0.05, 0) is 12.1 Å². The Bertz CT molecular complexity index is 677. The Morgan fingerprint density at radius 1 is 1.24 bits per heavy atom. The maximum Gasteiger partial charge on any atom is 0.353 e. The summed E-state index contributed by atoms with van der Waals surface area (Å²) in [6.45, 7) is 0. The molecular weight excluding hydrogens is 278 g/mol. The third-order valence-corrected chi connectivity index (χ3v) is 2.68. The van der Waals surface area contributed by atoms with Crippen LogP contribution in [0.4, 0.5) is 23.0 Å². The highest BCUT2D eigenvalue weighted by Crippen LogP contribution is 2.33. The van der Waals surface area contributed by atoms with Crippen LogP contribution < -0.4 is 20.5 Å². The number of nitrogen functional groups attached to an aromatic ring is 1. The molecule has 3 N–H and O–H groups in total. The van der Waals surface area contributed by atoms with Crippen molar-refractivity contribution in [2.75, 3.05) is 25.3 Å². The molecule has 0 spiro atoms. The van der Waals surface area contributed by atoms with Gasteiger partial charge in [0.15, 0.2) is 11.5 Å². The molecule has 0 aliphatic carbocycles. The summed E-state index contributed by atoms with van der Waals surface area (Å²) in [5, 5.41) is 13.8. The number of ether oxygens (including phenoxy) is 2. The third-order valence-electron chi connectivity index (χ3n) is 2.68. The van der Waals surface area contributed by atoms with Crippen LogP contribution in [0.3, 0.4) is 0 Å². The molecule has 0 amide bonds. The molecule has 0 saturated carbocycles. The van der Waals surface area contributed by atoms with Gasteiger partial charge in [-0.3, -0.25) is 10.1 Å². The van der Waals surface area contributed by atoms with Gasteiger partial charge >= 0.3 is 5.69 Å². The molecule has 2 aromatic rings. The number of nitro groups is 1. The molecule has 1 aromatic heterocycles. The molecule has 1 heterocycles. The summed E-state index contributed by atoms with van der Waals surface area (Å²) in [5.41, 5.74) is 5.65. The van der Waals surface area contributed by atoms with Gasteiger partial charge < -0.3 is 20.5 Å². The van der Waals surface area contributed by atoms with Crippen molar-refractivity contribution >= 4 is 23.0 Å². The van der Waals surface area contributed by atoms with E-state index in [1.54, 1.807) is 18.2 Å². The molecule has 0 aliphatic rings. The van der Waals surface area contributed by atoms with Crippen molar-refractivity contribution in [1.29, 1.82) is 0 Å². The molecule has 9 nitrogen and oxygen atoms in total. The Kier molecular flexibility index (Phi) is 4.02. The highest BCUT2D eigenvalue weighted by molar-refractivity contribution is 5.73. The zero-order valence-electron chi connectivity index (χ0n) is 11.4. The molecule has 21 heavy (non-hydrogen) atoms. The molecule has 0 bridgehead atoms. The van der Waals surface area contributed by atoms with Crippen LogP contribution in [0.25, 0.3) is 0 Å². The largest absolute Gasteiger partial charge is 0.493 e. The van der Waals surface area contributed by atoms with Crippen molar-refractivity contribution in [3.05, 3.63) is 34.6 Å². The smallest absolute Gasteiger partial charge is 0.353 e. The monoisotopic (exact) mass is 291 g/mol. The highest BCUT2D eigenvalue weighted by Gasteiger charge is 2.21. The maximum atomic E-state index is 11.0. The van der Waals surface area contributed by atoms with Crippen molar-refractivity contribution in [3.8, 4) is 11.5 Å². The van der Waals surface area contributed by atoms with Crippen LogP contribution in [-0.2, 0) is 0 Å². The molecule has 0 atom stereocenters. The lowest BCUT2D eigenvalue weighted by atomic mass is 10.2. The molecule has 110 valence electrons. The molecule has 0 saturated heterocycles. The zero-order chi connectivity index (χ0) is 15.4. The van der Waals surface area contributed by atoms with E-state index in [0.717, 1.165) is 6.33 Å². The topological polar surface area (TPSA) is 125 Å². The molecule has 9 heteroatoms. The lowest BCUT2D eigenvalue weighted by Gasteiger charge is -2.11. The molecule has 0 aliphatic heterocycles. The van der Waals surface area contributed by atoms with E-state index in [9.17, 15) is 10.1 Å². The lowest BCUT2D eigenvalue weighted by Crippen LogP contribution is -2.05. The number of nitrogens with one attached hydrogen (secondary N) is 1. The average Bonchev–Trinajstić information content (AvgIpc) is 2.46. The Hall–Kier alpha value is -3.10. The predicted molar refractivity (Wildman–Crippen MR) is 75.9 cm³/mol. The summed E-state index contributed by atoms with van der Waals surface area (Å²) in [7, 11) is 3.01. The van der Waals surface area contributed by atoms with E-state index in [0.29, 0.717) is 17.2 Å². The quantitative estimate of drug-likeness (QED) is 0.630. The minimum atomic E-state index is -0.640. The predicted octanol–water partition coefficient (Wildman–Crippen LogP) is 1.73. The number of anilines is 3. The highest BCUT2D eigenvalue weighted by atomic mass is 16.6. The summed E-state index contributed by atoms with van der Waals surface area (Å²) in [4.78, 5) is 17.8. The summed E-state index contributed by atoms with van der Waals surface area (Å²) >= 11 is 0. The van der Waals surface area contributed by atoms with Gasteiger partial charge in [-0.15, -0.1) is 0 Å². The van der Waals surface area contributed by atoms with Crippen LogP contribution in [0, 0.1) is 10.1 Å². The van der Waals surface area contributed by atoms with Crippen molar-refractivity contribution < 1.29 is 14.4 Å². The van der Waals surface area contributed by atoms with Gasteiger partial charge in [0.2, 0.25) is 11.6 Å². The summed E-state index contributed by atoms with van der Waals surface area (Å²) < 4.78 is 10.3. The van der Waals surface area contributed by atoms with Crippen molar-refractivity contribution in [2.24, 2.45) is 0 Å². The van der Waals surface area contributed by atoms with Gasteiger partial charge in [-0.25, -0.2) is 9.97 Å². The first-order valence-electron chi connectivity index (χ1n) is 5.80. The number of aromatic nitrogens is 2. The number of nitrogens with two attached hydrogens (primary N) is 1. The molecule has 1 aromatic carbocycles. The van der Waals surface area contributed by atoms with E-state index in [1.165, 1.54) is 14.2 Å². The minimum absolute atomic E-state index is 0.000259. The SMILES string of the molecule is COc1ccc(Nc2ncnc(N)c2[N+](=O)[O-])cc1OC. The molecule has 0 fully saturated rings. The second-order valence-corrected chi connectivity index (χ2v) is 3.91. The van der Waals surface area contributed by atoms with E-state index < -0.39 is 4.92 Å². The maximum absolute atomic E-state index is 11.0. The van der Waals surface area contributed by atoms with Crippen LogP contribution in [0.15, 0.2) is 24.5 Å². The van der Waals surface area contributed by atoms with Crippen LogP contribution in [0.2, 0.25) is 0 Å². The number of nitrogens with zero attached hydrogens (tertiary/aromatic N) is 3. The fourth-order valence-electron chi connectivity index (χ4n) is 1.71. The summed E-state index contributed by atoms with van der Waals surface area (Å²) in [6.07, 6.45) is 1.14. The van der Waals surface area contributed by atoms with Gasteiger partial charge in [-0.2, -0.15) is 0 Å². The molecule has 0 unspecified atom stereocenters. The Balaban J connectivity index is 2.39. The van der Waals surface area contributed by atoms with E-state index in [4.69, 9.17) is 15.2 Å². The summed E-state index contributed by atoms with van der Waals surface area (Å²) in [6, 6.07) is 4.96. The first-order chi connectivity index (χ1) is 10.1. The van der Waals surface area contributed by atoms with Crippen LogP contribution >= 0.6 is 0 Å². The van der Waals surface area contributed by atoms with E-state index >= 15 is 0 Å². The van der Waals surface area contributed by atoms with Crippen molar-refractivity contribution in [3.63, 3.8) is 0 Å². The molecule has 0 radical (unpaired) electrons. The Morgan fingerprint density at radius 2 is 1.95 bits per heavy atom. The minimum Gasteiger partial charge on any atom is -0.493 e. The number of hydrogen-bond acceptors (Lipinski definition) is 8. The number of methoxy groups -OCH3 is 2. The van der Waals surface area contributed by atoms with Crippen LogP contribution in [0.1, 0.15) is 0 Å². The lowest BCUT2D eigenvalue weighted by molar-refractivity contribution is -0.383. The number of rotatable bonds is 5. The first-order valence-corrected chi connectivity index (χ1v) is 5.80. The summed E-state index contributed by atoms with van der Waals surface area (Å²) in [5.74, 6) is 0.810. The van der Waals surface area contributed by atoms with Crippen LogP contribution in [-0.4, -0.2) is 29.1 Å². The second kappa shape index (κ2) is 5.90. The molecule has 2 rings (SSSR count). The van der Waals surface area contributed by atoms with Gasteiger partial charge in [-0.1, -0.05) is 0 Å². The van der Waals surface area contributed by atoms with Gasteiger partial charge in [0, 0.05) is 11.8 Å². The number of hydrogen-bond donors (Lipinski definition) is 2. The third kappa shape index (κ3) is 2.91. The van der Waals surface area contributed by atoms with Gasteiger partial charge in [0.05, 0.1) is 19.1 Å². The second-order valence-electron chi connectivity index (χ2n) is 3.91. The molecular formula is C12H13N5O4. The number of benzene rings is 1. The first kappa shape index (κ1) is 14.3. The van der Waals surface area contributed by atoms with Gasteiger partial charge in [0.25, 0.3) is 0 Å². The van der Waals surface area contributed by atoms with E-state index in [1.807, 2.05) is 0 Å². The van der Waals surface area contributed by atoms with Gasteiger partial charge in [0.1, 0.15) is 6.33 Å². The zero-order valence-corrected chi connectivity index (χ0v) is 11.4. The van der Waals surface area contributed by atoms with Crippen molar-refractivity contribution in [2.45, 2.75) is 0 Å². The fraction of sp³-hybridized carbons (Fsp3) is 0.167. The Morgan fingerprint density at radius 3 is 2.57 bits per heavy atom. The fourth-order valence-corrected chi connectivity index (χ4v) is 1.71. The van der Waals surface area contributed by atoms with Crippen LogP contribution in [0.5, 0.6) is 11.5 Å². The standard InChI is InChI=1S/C12H13N5O4/c1-20-8-4-3-7(5-9(8)21-2)16-12-10(17(18)19)11(13)14-6-15-12/h3-6H,1-2H3,(H3,13,14,15,16). The normalized spacial score (nSPS) is 10.0. The Labute approximate surface area is 119 Å². The van der Waals surface area contributed by atoms with Crippen molar-refractivity contribution in [1.82, 2.24) is 9.97 Å². The average molecular weight is 291 g/mol.